The number of imidazole rings is 1. The van der Waals surface area contributed by atoms with Gasteiger partial charge in [-0.15, -0.1) is 0 Å². The van der Waals surface area contributed by atoms with E-state index in [0.29, 0.717) is 5.75 Å². The Morgan fingerprint density at radius 2 is 1.90 bits per heavy atom. The van der Waals surface area contributed by atoms with E-state index in [1.54, 1.807) is 32.2 Å². The van der Waals surface area contributed by atoms with Gasteiger partial charge in [0.15, 0.2) is 5.16 Å². The number of rotatable bonds is 8. The lowest BCUT2D eigenvalue weighted by atomic mass is 10.1. The lowest BCUT2D eigenvalue weighted by molar-refractivity contribution is 0.411. The van der Waals surface area contributed by atoms with E-state index < -0.39 is 0 Å². The van der Waals surface area contributed by atoms with E-state index in [1.165, 1.54) is 0 Å². The van der Waals surface area contributed by atoms with Gasteiger partial charge in [0, 0.05) is 17.4 Å². The van der Waals surface area contributed by atoms with E-state index in [-0.39, 0.29) is 0 Å². The van der Waals surface area contributed by atoms with Crippen LogP contribution in [0.1, 0.15) is 11.1 Å². The van der Waals surface area contributed by atoms with Crippen molar-refractivity contribution in [3.05, 3.63) is 77.9 Å². The molecule has 2 N–H and O–H groups in total. The first-order valence-electron chi connectivity index (χ1n) is 9.43. The van der Waals surface area contributed by atoms with Gasteiger partial charge >= 0.3 is 0 Å². The van der Waals surface area contributed by atoms with Crippen LogP contribution >= 0.6 is 11.8 Å². The minimum absolute atomic E-state index is 0.716. The van der Waals surface area contributed by atoms with Crippen LogP contribution in [0.25, 0.3) is 11.0 Å². The number of benzene rings is 3. The van der Waals surface area contributed by atoms with E-state index in [2.05, 4.69) is 26.6 Å². The first-order valence-corrected chi connectivity index (χ1v) is 10.4. The Bertz CT molecular complexity index is 1160. The molecule has 3 aromatic carbocycles. The minimum atomic E-state index is 0.716. The van der Waals surface area contributed by atoms with Gasteiger partial charge in [0.1, 0.15) is 11.5 Å². The largest absolute Gasteiger partial charge is 0.497 e. The molecule has 0 aliphatic heterocycles. The Labute approximate surface area is 179 Å². The quantitative estimate of drug-likeness (QED) is 0.230. The molecule has 7 heteroatoms. The van der Waals surface area contributed by atoms with Crippen LogP contribution in [-0.4, -0.2) is 30.4 Å². The topological polar surface area (TPSA) is 71.5 Å². The molecule has 0 fully saturated rings. The van der Waals surface area contributed by atoms with Crippen LogP contribution in [0, 0.1) is 0 Å². The number of methoxy groups -OCH3 is 2. The molecular formula is C23H22N4O2S. The Kier molecular flexibility index (Phi) is 6.20. The van der Waals surface area contributed by atoms with Gasteiger partial charge in [-0.1, -0.05) is 30.0 Å². The zero-order valence-corrected chi connectivity index (χ0v) is 17.6. The summed E-state index contributed by atoms with van der Waals surface area (Å²) in [6.07, 6.45) is 1.80. The molecule has 0 atom stereocenters. The maximum absolute atomic E-state index is 5.53. The van der Waals surface area contributed by atoms with Crippen molar-refractivity contribution in [2.75, 3.05) is 19.6 Å². The van der Waals surface area contributed by atoms with Crippen molar-refractivity contribution in [1.29, 1.82) is 0 Å². The summed E-state index contributed by atoms with van der Waals surface area (Å²) in [5.74, 6) is 2.36. The predicted molar refractivity (Wildman–Crippen MR) is 123 cm³/mol. The highest BCUT2D eigenvalue weighted by Crippen LogP contribution is 2.29. The molecule has 152 valence electrons. The van der Waals surface area contributed by atoms with E-state index in [0.717, 1.165) is 44.5 Å². The third-order valence-electron chi connectivity index (χ3n) is 4.52. The summed E-state index contributed by atoms with van der Waals surface area (Å²) >= 11 is 1.62. The minimum Gasteiger partial charge on any atom is -0.497 e. The second-order valence-corrected chi connectivity index (χ2v) is 7.49. The Morgan fingerprint density at radius 3 is 2.70 bits per heavy atom. The molecule has 0 unspecified atom stereocenters. The highest BCUT2D eigenvalue weighted by Gasteiger charge is 2.09. The lowest BCUT2D eigenvalue weighted by Gasteiger charge is -2.08. The monoisotopic (exact) mass is 418 g/mol. The highest BCUT2D eigenvalue weighted by molar-refractivity contribution is 7.98. The van der Waals surface area contributed by atoms with Crippen molar-refractivity contribution in [3.8, 4) is 11.5 Å². The van der Waals surface area contributed by atoms with Gasteiger partial charge in [0.25, 0.3) is 0 Å². The fourth-order valence-electron chi connectivity index (χ4n) is 2.99. The molecule has 0 spiro atoms. The number of aromatic nitrogens is 2. The molecule has 4 aromatic rings. The summed E-state index contributed by atoms with van der Waals surface area (Å²) in [5, 5.41) is 5.17. The van der Waals surface area contributed by atoms with Gasteiger partial charge in [0.2, 0.25) is 0 Å². The van der Waals surface area contributed by atoms with Crippen LogP contribution in [0.4, 0.5) is 5.69 Å². The smallest absolute Gasteiger partial charge is 0.166 e. The third-order valence-corrected chi connectivity index (χ3v) is 5.44. The average molecular weight is 419 g/mol. The van der Waals surface area contributed by atoms with Crippen LogP contribution in [0.3, 0.4) is 0 Å². The Hall–Kier alpha value is -3.45. The molecule has 30 heavy (non-hydrogen) atoms. The van der Waals surface area contributed by atoms with Crippen LogP contribution in [0.2, 0.25) is 0 Å². The normalized spacial score (nSPS) is 11.1. The molecule has 0 bridgehead atoms. The number of para-hydroxylation sites is 1. The summed E-state index contributed by atoms with van der Waals surface area (Å²) in [5.41, 5.74) is 7.91. The average Bonchev–Trinajstić information content (AvgIpc) is 3.20. The van der Waals surface area contributed by atoms with Gasteiger partial charge in [-0.3, -0.25) is 5.43 Å². The van der Waals surface area contributed by atoms with E-state index in [4.69, 9.17) is 9.47 Å². The number of ether oxygens (including phenoxy) is 2. The molecule has 1 heterocycles. The SMILES string of the molecule is COc1ccc2nc(SCc3cc(C=NNc4ccccc4)ccc3OC)[nH]c2c1. The fourth-order valence-corrected chi connectivity index (χ4v) is 3.86. The molecule has 0 saturated carbocycles. The first kappa shape index (κ1) is 19.8. The zero-order chi connectivity index (χ0) is 20.8. The number of hydrogen-bond acceptors (Lipinski definition) is 6. The zero-order valence-electron chi connectivity index (χ0n) is 16.8. The molecule has 0 saturated heterocycles. The third kappa shape index (κ3) is 4.75. The van der Waals surface area contributed by atoms with Gasteiger partial charge in [-0.05, 0) is 48.0 Å². The van der Waals surface area contributed by atoms with Crippen LogP contribution in [0.15, 0.2) is 77.0 Å². The van der Waals surface area contributed by atoms with E-state index in [1.807, 2.05) is 60.7 Å². The Balaban J connectivity index is 1.47. The van der Waals surface area contributed by atoms with Gasteiger partial charge < -0.3 is 14.5 Å². The molecule has 0 radical (unpaired) electrons. The second kappa shape index (κ2) is 9.37. The van der Waals surface area contributed by atoms with Crippen molar-refractivity contribution in [2.45, 2.75) is 10.9 Å². The summed E-state index contributed by atoms with van der Waals surface area (Å²) in [6, 6.07) is 21.7. The van der Waals surface area contributed by atoms with E-state index in [9.17, 15) is 0 Å². The number of nitrogens with one attached hydrogen (secondary N) is 2. The van der Waals surface area contributed by atoms with Crippen molar-refractivity contribution < 1.29 is 9.47 Å². The molecule has 0 aliphatic rings. The van der Waals surface area contributed by atoms with Crippen molar-refractivity contribution in [2.24, 2.45) is 5.10 Å². The molecule has 0 aliphatic carbocycles. The maximum atomic E-state index is 5.53. The molecular weight excluding hydrogens is 396 g/mol. The lowest BCUT2D eigenvalue weighted by Crippen LogP contribution is -1.95. The first-order chi connectivity index (χ1) is 14.7. The highest BCUT2D eigenvalue weighted by atomic mass is 32.2. The van der Waals surface area contributed by atoms with Crippen LogP contribution in [0.5, 0.6) is 11.5 Å². The fraction of sp³-hybridized carbons (Fsp3) is 0.130. The standard InChI is InChI=1S/C23H22N4O2S/c1-28-19-9-10-20-21(13-19)26-23(25-20)30-15-17-12-16(8-11-22(17)29-2)14-24-27-18-6-4-3-5-7-18/h3-14,27H,15H2,1-2H3,(H,25,26). The van der Waals surface area contributed by atoms with Crippen LogP contribution in [-0.2, 0) is 5.75 Å². The van der Waals surface area contributed by atoms with Crippen molar-refractivity contribution >= 4 is 34.7 Å². The van der Waals surface area contributed by atoms with E-state index >= 15 is 0 Å². The summed E-state index contributed by atoms with van der Waals surface area (Å²) in [6.45, 7) is 0. The van der Waals surface area contributed by atoms with Crippen molar-refractivity contribution in [3.63, 3.8) is 0 Å². The number of aromatic amines is 1. The van der Waals surface area contributed by atoms with Gasteiger partial charge in [0.05, 0.1) is 37.2 Å². The predicted octanol–water partition coefficient (Wildman–Crippen LogP) is 5.32. The second-order valence-electron chi connectivity index (χ2n) is 6.52. The van der Waals surface area contributed by atoms with Gasteiger partial charge in [-0.2, -0.15) is 5.10 Å². The molecule has 0 amide bonds. The summed E-state index contributed by atoms with van der Waals surface area (Å²) in [4.78, 5) is 7.98. The van der Waals surface area contributed by atoms with Crippen molar-refractivity contribution in [1.82, 2.24) is 9.97 Å². The summed E-state index contributed by atoms with van der Waals surface area (Å²) < 4.78 is 10.8. The Morgan fingerprint density at radius 1 is 1.03 bits per heavy atom. The molecule has 6 nitrogen and oxygen atoms in total. The number of H-pyrrole nitrogens is 1. The molecule has 4 rings (SSSR count). The number of anilines is 1. The van der Waals surface area contributed by atoms with Gasteiger partial charge in [-0.25, -0.2) is 4.98 Å². The number of nitrogens with zero attached hydrogens (tertiary/aromatic N) is 2. The maximum Gasteiger partial charge on any atom is 0.166 e. The number of hydrazone groups is 1. The van der Waals surface area contributed by atoms with Crippen LogP contribution < -0.4 is 14.9 Å². The molecule has 1 aromatic heterocycles. The summed E-state index contributed by atoms with van der Waals surface area (Å²) in [7, 11) is 3.34. The number of fused-ring (bicyclic) bond motifs is 1. The number of hydrogen-bond donors (Lipinski definition) is 2. The number of thioether (sulfide) groups is 1.